The molecule has 0 fully saturated rings. The lowest BCUT2D eigenvalue weighted by Gasteiger charge is -2.17. The molecule has 0 saturated carbocycles. The fraction of sp³-hybridized carbons (Fsp3) is 0.286. The molecule has 0 bridgehead atoms. The third kappa shape index (κ3) is 5.42. The number of nitrogens with zero attached hydrogens (tertiary/aromatic N) is 2. The third-order valence-corrected chi connectivity index (χ3v) is 6.21. The van der Waals surface area contributed by atoms with Gasteiger partial charge in [0.25, 0.3) is 5.91 Å². The average molecular weight is 476 g/mol. The van der Waals surface area contributed by atoms with E-state index in [0.717, 1.165) is 35.6 Å². The van der Waals surface area contributed by atoms with Gasteiger partial charge in [0.05, 0.1) is 34.3 Å². The number of fused-ring (bicyclic) bond motifs is 1. The lowest BCUT2D eigenvalue weighted by atomic mass is 10.0. The molecule has 1 atom stereocenters. The fourth-order valence-corrected chi connectivity index (χ4v) is 4.23. The Bertz CT molecular complexity index is 1260. The van der Waals surface area contributed by atoms with Crippen LogP contribution in [0.4, 0.5) is 0 Å². The monoisotopic (exact) mass is 475 g/mol. The molecule has 0 radical (unpaired) electrons. The highest BCUT2D eigenvalue weighted by molar-refractivity contribution is 6.33. The van der Waals surface area contributed by atoms with Crippen molar-refractivity contribution in [1.82, 2.24) is 14.9 Å². The summed E-state index contributed by atoms with van der Waals surface area (Å²) in [6, 6.07) is 23.1. The number of imidazole rings is 1. The molecule has 0 spiro atoms. The van der Waals surface area contributed by atoms with Gasteiger partial charge in [-0.25, -0.2) is 4.98 Å². The number of halogens is 1. The van der Waals surface area contributed by atoms with E-state index >= 15 is 0 Å². The van der Waals surface area contributed by atoms with E-state index in [0.29, 0.717) is 23.1 Å². The summed E-state index contributed by atoms with van der Waals surface area (Å²) >= 11 is 6.21. The van der Waals surface area contributed by atoms with E-state index in [2.05, 4.69) is 41.9 Å². The van der Waals surface area contributed by atoms with E-state index in [1.807, 2.05) is 43.3 Å². The number of amides is 1. The van der Waals surface area contributed by atoms with Crippen LogP contribution < -0.4 is 10.1 Å². The summed E-state index contributed by atoms with van der Waals surface area (Å²) in [4.78, 5) is 17.6. The Morgan fingerprint density at radius 2 is 1.71 bits per heavy atom. The van der Waals surface area contributed by atoms with Gasteiger partial charge in [0.15, 0.2) is 0 Å². The number of carbonyl (C=O) groups excluding carboxylic acids is 1. The lowest BCUT2D eigenvalue weighted by molar-refractivity contribution is 0.0937. The molecule has 0 aliphatic rings. The molecular weight excluding hydrogens is 446 g/mol. The van der Waals surface area contributed by atoms with Crippen molar-refractivity contribution in [3.8, 4) is 5.75 Å². The van der Waals surface area contributed by atoms with Gasteiger partial charge in [-0.2, -0.15) is 0 Å². The number of para-hydroxylation sites is 2. The maximum Gasteiger partial charge on any atom is 0.253 e. The molecule has 4 rings (SSSR count). The Labute approximate surface area is 205 Å². The molecule has 6 heteroatoms. The van der Waals surface area contributed by atoms with E-state index in [1.54, 1.807) is 18.2 Å². The molecule has 4 aromatic rings. The van der Waals surface area contributed by atoms with E-state index in [9.17, 15) is 4.79 Å². The number of benzene rings is 3. The van der Waals surface area contributed by atoms with E-state index in [1.165, 1.54) is 5.56 Å². The molecule has 1 amide bonds. The molecule has 1 aromatic heterocycles. The second-order valence-corrected chi connectivity index (χ2v) is 9.12. The molecular formula is C28H30ClN3O2. The molecule has 0 aliphatic heterocycles. The SMILES string of the molecule is CC(C)c1ccc(OCCCn2c(C(C)NC(=O)c3ccccc3Cl)nc3ccccc32)cc1. The van der Waals surface area contributed by atoms with Gasteiger partial charge in [-0.05, 0) is 61.2 Å². The predicted octanol–water partition coefficient (Wildman–Crippen LogP) is 6.77. The van der Waals surface area contributed by atoms with Gasteiger partial charge >= 0.3 is 0 Å². The quantitative estimate of drug-likeness (QED) is 0.272. The van der Waals surface area contributed by atoms with Gasteiger partial charge < -0.3 is 14.6 Å². The summed E-state index contributed by atoms with van der Waals surface area (Å²) in [7, 11) is 0. The number of hydrogen-bond donors (Lipinski definition) is 1. The minimum absolute atomic E-state index is 0.218. The number of hydrogen-bond acceptors (Lipinski definition) is 3. The molecule has 1 heterocycles. The Kier molecular flexibility index (Phi) is 7.53. The predicted molar refractivity (Wildman–Crippen MR) is 138 cm³/mol. The molecule has 0 aliphatic carbocycles. The van der Waals surface area contributed by atoms with Gasteiger partial charge in [-0.3, -0.25) is 4.79 Å². The average Bonchev–Trinajstić information content (AvgIpc) is 3.21. The highest BCUT2D eigenvalue weighted by Gasteiger charge is 2.20. The second kappa shape index (κ2) is 10.7. The Morgan fingerprint density at radius 1 is 1.00 bits per heavy atom. The highest BCUT2D eigenvalue weighted by atomic mass is 35.5. The summed E-state index contributed by atoms with van der Waals surface area (Å²) in [5, 5.41) is 3.48. The minimum Gasteiger partial charge on any atom is -0.494 e. The van der Waals surface area contributed by atoms with Crippen molar-refractivity contribution >= 4 is 28.5 Å². The van der Waals surface area contributed by atoms with Crippen LogP contribution in [-0.2, 0) is 6.54 Å². The van der Waals surface area contributed by atoms with Crippen LogP contribution in [0.3, 0.4) is 0 Å². The number of aromatic nitrogens is 2. The number of rotatable bonds is 9. The first-order chi connectivity index (χ1) is 16.4. The van der Waals surface area contributed by atoms with Crippen LogP contribution in [0, 0.1) is 0 Å². The zero-order valence-corrected chi connectivity index (χ0v) is 20.5. The van der Waals surface area contributed by atoms with Crippen LogP contribution >= 0.6 is 11.6 Å². The van der Waals surface area contributed by atoms with Crippen molar-refractivity contribution in [3.63, 3.8) is 0 Å². The van der Waals surface area contributed by atoms with Crippen LogP contribution in [-0.4, -0.2) is 22.1 Å². The normalized spacial score (nSPS) is 12.1. The van der Waals surface area contributed by atoms with Gasteiger partial charge in [0.2, 0.25) is 0 Å². The largest absolute Gasteiger partial charge is 0.494 e. The molecule has 0 saturated heterocycles. The molecule has 176 valence electrons. The van der Waals surface area contributed by atoms with Crippen LogP contribution in [0.1, 0.15) is 60.9 Å². The smallest absolute Gasteiger partial charge is 0.253 e. The van der Waals surface area contributed by atoms with Crippen molar-refractivity contribution in [1.29, 1.82) is 0 Å². The molecule has 1 unspecified atom stereocenters. The molecule has 34 heavy (non-hydrogen) atoms. The fourth-order valence-electron chi connectivity index (χ4n) is 4.01. The maximum absolute atomic E-state index is 12.8. The van der Waals surface area contributed by atoms with Crippen molar-refractivity contribution in [3.05, 3.63) is 94.8 Å². The van der Waals surface area contributed by atoms with Crippen LogP contribution in [0.5, 0.6) is 5.75 Å². The van der Waals surface area contributed by atoms with Crippen molar-refractivity contribution in [2.45, 2.75) is 45.7 Å². The Morgan fingerprint density at radius 3 is 2.44 bits per heavy atom. The number of nitrogens with one attached hydrogen (secondary N) is 1. The van der Waals surface area contributed by atoms with E-state index in [-0.39, 0.29) is 11.9 Å². The summed E-state index contributed by atoms with van der Waals surface area (Å²) in [6.07, 6.45) is 0.810. The van der Waals surface area contributed by atoms with Crippen molar-refractivity contribution in [2.75, 3.05) is 6.61 Å². The van der Waals surface area contributed by atoms with Gasteiger partial charge in [-0.15, -0.1) is 0 Å². The lowest BCUT2D eigenvalue weighted by Crippen LogP contribution is -2.29. The Balaban J connectivity index is 1.45. The zero-order chi connectivity index (χ0) is 24.1. The summed E-state index contributed by atoms with van der Waals surface area (Å²) in [6.45, 7) is 7.63. The second-order valence-electron chi connectivity index (χ2n) is 8.71. The van der Waals surface area contributed by atoms with Crippen molar-refractivity contribution in [2.24, 2.45) is 0 Å². The summed E-state index contributed by atoms with van der Waals surface area (Å²) in [5.41, 5.74) is 3.70. The molecule has 1 N–H and O–H groups in total. The molecule has 3 aromatic carbocycles. The first-order valence-electron chi connectivity index (χ1n) is 11.7. The highest BCUT2D eigenvalue weighted by Crippen LogP contribution is 2.23. The van der Waals surface area contributed by atoms with Crippen LogP contribution in [0.2, 0.25) is 5.02 Å². The summed E-state index contributed by atoms with van der Waals surface area (Å²) < 4.78 is 8.13. The standard InChI is InChI=1S/C28H30ClN3O2/c1-19(2)21-13-15-22(16-14-21)34-18-8-17-32-26-12-7-6-11-25(26)31-27(32)20(3)30-28(33)23-9-4-5-10-24(23)29/h4-7,9-16,19-20H,8,17-18H2,1-3H3,(H,30,33). The zero-order valence-electron chi connectivity index (χ0n) is 19.8. The summed E-state index contributed by atoms with van der Waals surface area (Å²) in [5.74, 6) is 1.97. The van der Waals surface area contributed by atoms with Gasteiger partial charge in [0, 0.05) is 6.54 Å². The van der Waals surface area contributed by atoms with Crippen LogP contribution in [0.25, 0.3) is 11.0 Å². The number of ether oxygens (including phenoxy) is 1. The maximum atomic E-state index is 12.8. The third-order valence-electron chi connectivity index (χ3n) is 5.88. The number of carbonyl (C=O) groups is 1. The minimum atomic E-state index is -0.291. The first-order valence-corrected chi connectivity index (χ1v) is 12.0. The Hall–Kier alpha value is -3.31. The number of aryl methyl sites for hydroxylation is 1. The molecule has 5 nitrogen and oxygen atoms in total. The van der Waals surface area contributed by atoms with Crippen LogP contribution in [0.15, 0.2) is 72.8 Å². The van der Waals surface area contributed by atoms with Crippen molar-refractivity contribution < 1.29 is 9.53 Å². The first kappa shape index (κ1) is 23.8. The van der Waals surface area contributed by atoms with E-state index < -0.39 is 0 Å². The van der Waals surface area contributed by atoms with Gasteiger partial charge in [-0.1, -0.05) is 61.8 Å². The van der Waals surface area contributed by atoms with E-state index in [4.69, 9.17) is 21.3 Å². The topological polar surface area (TPSA) is 56.1 Å². The van der Waals surface area contributed by atoms with Gasteiger partial charge in [0.1, 0.15) is 11.6 Å².